The van der Waals surface area contributed by atoms with E-state index in [1.807, 2.05) is 24.4 Å². The van der Waals surface area contributed by atoms with Crippen molar-refractivity contribution >= 4 is 0 Å². The zero-order chi connectivity index (χ0) is 13.7. The molecule has 2 aromatic rings. The van der Waals surface area contributed by atoms with Gasteiger partial charge in [0.1, 0.15) is 5.75 Å². The summed E-state index contributed by atoms with van der Waals surface area (Å²) in [6.45, 7) is 2.77. The van der Waals surface area contributed by atoms with Gasteiger partial charge in [-0.2, -0.15) is 0 Å². The Bertz CT molecular complexity index is 510. The molecule has 0 fully saturated rings. The number of methoxy groups -OCH3 is 1. The van der Waals surface area contributed by atoms with Crippen LogP contribution >= 0.6 is 0 Å². The molecule has 3 nitrogen and oxygen atoms in total. The molecule has 2 rings (SSSR count). The van der Waals surface area contributed by atoms with E-state index in [-0.39, 0.29) is 5.41 Å². The molecule has 2 N–H and O–H groups in total. The lowest BCUT2D eigenvalue weighted by Crippen LogP contribution is -2.34. The Hall–Kier alpha value is -1.87. The number of nitrogens with two attached hydrogens (primary N) is 1. The monoisotopic (exact) mass is 256 g/mol. The summed E-state index contributed by atoms with van der Waals surface area (Å²) in [7, 11) is 1.67. The lowest BCUT2D eigenvalue weighted by molar-refractivity contribution is 0.413. The van der Waals surface area contributed by atoms with E-state index >= 15 is 0 Å². The number of rotatable bonds is 5. The largest absolute Gasteiger partial charge is 0.497 e. The minimum absolute atomic E-state index is 0.0880. The molecule has 100 valence electrons. The summed E-state index contributed by atoms with van der Waals surface area (Å²) in [5.74, 6) is 0.865. The molecule has 1 aromatic heterocycles. The molecule has 0 aliphatic carbocycles. The van der Waals surface area contributed by atoms with Gasteiger partial charge >= 0.3 is 0 Å². The summed E-state index contributed by atoms with van der Waals surface area (Å²) in [6, 6.07) is 12.2. The van der Waals surface area contributed by atoms with Crippen molar-refractivity contribution in [2.45, 2.75) is 18.8 Å². The van der Waals surface area contributed by atoms with Crippen molar-refractivity contribution in [3.05, 3.63) is 59.9 Å². The number of hydrogen-bond acceptors (Lipinski definition) is 3. The normalized spacial score (nSPS) is 13.8. The van der Waals surface area contributed by atoms with E-state index in [2.05, 4.69) is 30.1 Å². The van der Waals surface area contributed by atoms with Crippen LogP contribution in [0.15, 0.2) is 48.8 Å². The van der Waals surface area contributed by atoms with Gasteiger partial charge < -0.3 is 10.5 Å². The van der Waals surface area contributed by atoms with Crippen LogP contribution in [-0.4, -0.2) is 18.6 Å². The molecule has 0 aliphatic heterocycles. The van der Waals surface area contributed by atoms with E-state index in [1.54, 1.807) is 13.3 Å². The highest BCUT2D eigenvalue weighted by Crippen LogP contribution is 2.28. The minimum atomic E-state index is -0.0880. The second kappa shape index (κ2) is 5.85. The molecule has 3 heteroatoms. The first kappa shape index (κ1) is 13.6. The van der Waals surface area contributed by atoms with Gasteiger partial charge in [0.2, 0.25) is 0 Å². The van der Waals surface area contributed by atoms with Gasteiger partial charge in [-0.05, 0) is 35.7 Å². The van der Waals surface area contributed by atoms with Crippen molar-refractivity contribution < 1.29 is 4.74 Å². The van der Waals surface area contributed by atoms with E-state index in [0.717, 1.165) is 12.2 Å². The molecular weight excluding hydrogens is 236 g/mol. The quantitative estimate of drug-likeness (QED) is 0.894. The lowest BCUT2D eigenvalue weighted by Gasteiger charge is -2.29. The van der Waals surface area contributed by atoms with Crippen molar-refractivity contribution in [2.75, 3.05) is 13.7 Å². The van der Waals surface area contributed by atoms with Gasteiger partial charge in [0.25, 0.3) is 0 Å². The summed E-state index contributed by atoms with van der Waals surface area (Å²) in [4.78, 5) is 4.16. The Kier molecular flexibility index (Phi) is 4.17. The van der Waals surface area contributed by atoms with Crippen LogP contribution in [0.5, 0.6) is 5.75 Å². The topological polar surface area (TPSA) is 48.1 Å². The predicted octanol–water partition coefficient (Wildman–Crippen LogP) is 2.55. The van der Waals surface area contributed by atoms with Crippen LogP contribution in [0.1, 0.15) is 18.1 Å². The zero-order valence-corrected chi connectivity index (χ0v) is 11.5. The van der Waals surface area contributed by atoms with Crippen LogP contribution in [0.2, 0.25) is 0 Å². The third-order valence-electron chi connectivity index (χ3n) is 3.55. The van der Waals surface area contributed by atoms with E-state index in [4.69, 9.17) is 10.5 Å². The molecular formula is C16H20N2O. The third-order valence-corrected chi connectivity index (χ3v) is 3.55. The van der Waals surface area contributed by atoms with Crippen LogP contribution < -0.4 is 10.5 Å². The number of nitrogens with zero attached hydrogens (tertiary/aromatic N) is 1. The fourth-order valence-corrected chi connectivity index (χ4v) is 2.24. The van der Waals surface area contributed by atoms with Crippen molar-refractivity contribution in [3.8, 4) is 5.75 Å². The van der Waals surface area contributed by atoms with E-state index in [0.29, 0.717) is 6.54 Å². The number of pyridine rings is 1. The van der Waals surface area contributed by atoms with Crippen molar-refractivity contribution in [3.63, 3.8) is 0 Å². The molecule has 1 aromatic carbocycles. The van der Waals surface area contributed by atoms with Gasteiger partial charge in [-0.15, -0.1) is 0 Å². The zero-order valence-electron chi connectivity index (χ0n) is 11.5. The highest BCUT2D eigenvalue weighted by atomic mass is 16.5. The Balaban J connectivity index is 2.25. The second-order valence-electron chi connectivity index (χ2n) is 5.03. The maximum absolute atomic E-state index is 6.01. The third kappa shape index (κ3) is 3.12. The van der Waals surface area contributed by atoms with Gasteiger partial charge in [0.15, 0.2) is 0 Å². The smallest absolute Gasteiger partial charge is 0.118 e. The molecule has 0 saturated carbocycles. The summed E-state index contributed by atoms with van der Waals surface area (Å²) in [5, 5.41) is 0. The fraction of sp³-hybridized carbons (Fsp3) is 0.312. The highest BCUT2D eigenvalue weighted by Gasteiger charge is 2.25. The highest BCUT2D eigenvalue weighted by molar-refractivity contribution is 5.34. The summed E-state index contributed by atoms with van der Waals surface area (Å²) < 4.78 is 5.19. The first-order valence-electron chi connectivity index (χ1n) is 6.41. The van der Waals surface area contributed by atoms with Gasteiger partial charge in [-0.1, -0.05) is 25.1 Å². The van der Waals surface area contributed by atoms with Gasteiger partial charge in [0.05, 0.1) is 7.11 Å². The van der Waals surface area contributed by atoms with Crippen LogP contribution in [0, 0.1) is 0 Å². The molecule has 0 spiro atoms. The molecule has 1 heterocycles. The number of benzene rings is 1. The molecule has 1 atom stereocenters. The molecule has 1 unspecified atom stereocenters. The average molecular weight is 256 g/mol. The number of ether oxygens (including phenoxy) is 1. The molecule has 0 aliphatic rings. The lowest BCUT2D eigenvalue weighted by atomic mass is 9.77. The first-order valence-corrected chi connectivity index (χ1v) is 6.41. The Morgan fingerprint density at radius 2 is 1.95 bits per heavy atom. The first-order chi connectivity index (χ1) is 9.18. The summed E-state index contributed by atoms with van der Waals surface area (Å²) in [6.07, 6.45) is 4.57. The number of hydrogen-bond donors (Lipinski definition) is 1. The van der Waals surface area contributed by atoms with Crippen molar-refractivity contribution in [1.29, 1.82) is 0 Å². The SMILES string of the molecule is COc1ccc(C(C)(CN)Cc2cccnc2)cc1. The van der Waals surface area contributed by atoms with E-state index in [1.165, 1.54) is 11.1 Å². The predicted molar refractivity (Wildman–Crippen MR) is 77.3 cm³/mol. The molecule has 0 bridgehead atoms. The Labute approximate surface area is 114 Å². The maximum atomic E-state index is 6.01. The standard InChI is InChI=1S/C16H20N2O/c1-16(12-17,10-13-4-3-9-18-11-13)14-5-7-15(19-2)8-6-14/h3-9,11H,10,12,17H2,1-2H3. The minimum Gasteiger partial charge on any atom is -0.497 e. The second-order valence-corrected chi connectivity index (χ2v) is 5.03. The fourth-order valence-electron chi connectivity index (χ4n) is 2.24. The number of aromatic nitrogens is 1. The van der Waals surface area contributed by atoms with Gasteiger partial charge in [-0.3, -0.25) is 4.98 Å². The maximum Gasteiger partial charge on any atom is 0.118 e. The van der Waals surface area contributed by atoms with Gasteiger partial charge in [-0.25, -0.2) is 0 Å². The molecule has 19 heavy (non-hydrogen) atoms. The van der Waals surface area contributed by atoms with Crippen LogP contribution in [0.3, 0.4) is 0 Å². The van der Waals surface area contributed by atoms with Crippen molar-refractivity contribution in [1.82, 2.24) is 4.98 Å². The van der Waals surface area contributed by atoms with Crippen LogP contribution in [-0.2, 0) is 11.8 Å². The van der Waals surface area contributed by atoms with Crippen LogP contribution in [0.4, 0.5) is 0 Å². The molecule has 0 amide bonds. The molecule has 0 radical (unpaired) electrons. The average Bonchev–Trinajstić information content (AvgIpc) is 2.48. The summed E-state index contributed by atoms with van der Waals surface area (Å²) in [5.41, 5.74) is 8.34. The molecule has 0 saturated heterocycles. The Morgan fingerprint density at radius 1 is 1.21 bits per heavy atom. The van der Waals surface area contributed by atoms with Gasteiger partial charge in [0, 0.05) is 24.4 Å². The van der Waals surface area contributed by atoms with E-state index < -0.39 is 0 Å². The summed E-state index contributed by atoms with van der Waals surface area (Å²) >= 11 is 0. The van der Waals surface area contributed by atoms with E-state index in [9.17, 15) is 0 Å². The van der Waals surface area contributed by atoms with Crippen LogP contribution in [0.25, 0.3) is 0 Å². The van der Waals surface area contributed by atoms with Crippen molar-refractivity contribution in [2.24, 2.45) is 5.73 Å². The Morgan fingerprint density at radius 3 is 2.47 bits per heavy atom.